The number of nitrogens with two attached hydrogens (primary N) is 1. The van der Waals surface area contributed by atoms with Crippen LogP contribution in [0.5, 0.6) is 0 Å². The van der Waals surface area contributed by atoms with E-state index in [0.29, 0.717) is 6.07 Å². The third-order valence-electron chi connectivity index (χ3n) is 2.53. The molecular formula is C14H11F4NO4S2. The Labute approximate surface area is 144 Å². The Balaban J connectivity index is 0.000000257. The number of rotatable bonds is 3. The first-order valence-electron chi connectivity index (χ1n) is 6.24. The molecular weight excluding hydrogens is 386 g/mol. The van der Waals surface area contributed by atoms with Crippen molar-refractivity contribution in [3.63, 3.8) is 0 Å². The minimum absolute atomic E-state index is 0.236. The number of hydrogen-bond acceptors (Lipinski definition) is 4. The zero-order valence-electron chi connectivity index (χ0n) is 12.2. The van der Waals surface area contributed by atoms with Gasteiger partial charge in [-0.05, 0) is 46.7 Å². The fourth-order valence-electron chi connectivity index (χ4n) is 1.50. The van der Waals surface area contributed by atoms with Crippen molar-refractivity contribution in [3.8, 4) is 0 Å². The van der Waals surface area contributed by atoms with E-state index in [1.165, 1.54) is 17.4 Å². The number of carbonyl (C=O) groups is 1. The van der Waals surface area contributed by atoms with E-state index in [-0.39, 0.29) is 6.07 Å². The number of halogens is 4. The van der Waals surface area contributed by atoms with Gasteiger partial charge in [0.15, 0.2) is 0 Å². The van der Waals surface area contributed by atoms with Gasteiger partial charge in [-0.1, -0.05) is 0 Å². The van der Waals surface area contributed by atoms with Crippen LogP contribution in [0, 0.1) is 5.82 Å². The Morgan fingerprint density at radius 2 is 1.88 bits per heavy atom. The molecule has 0 saturated carbocycles. The summed E-state index contributed by atoms with van der Waals surface area (Å²) >= 11 is 1.46. The van der Waals surface area contributed by atoms with Crippen molar-refractivity contribution < 1.29 is 35.3 Å². The van der Waals surface area contributed by atoms with E-state index in [0.717, 1.165) is 17.0 Å². The molecule has 1 amide bonds. The van der Waals surface area contributed by atoms with E-state index >= 15 is 0 Å². The molecule has 1 aromatic heterocycles. The second-order valence-electron chi connectivity index (χ2n) is 4.43. The van der Waals surface area contributed by atoms with Crippen LogP contribution in [0.15, 0.2) is 40.4 Å². The fraction of sp³-hybridized carbons (Fsp3) is 0.0714. The number of thiophene rings is 1. The number of benzene rings is 1. The average Bonchev–Trinajstić information content (AvgIpc) is 2.97. The monoisotopic (exact) mass is 397 g/mol. The number of carbonyl (C=O) groups excluding carboxylic acids is 1. The highest BCUT2D eigenvalue weighted by Gasteiger charge is 2.35. The summed E-state index contributed by atoms with van der Waals surface area (Å²) in [6.45, 7) is 0. The van der Waals surface area contributed by atoms with Gasteiger partial charge in [-0.15, -0.1) is 0 Å². The molecule has 0 atom stereocenters. The maximum atomic E-state index is 12.5. The summed E-state index contributed by atoms with van der Waals surface area (Å²) in [5, 5.41) is 4.36. The molecule has 2 rings (SSSR count). The van der Waals surface area contributed by atoms with Gasteiger partial charge in [0.05, 0.1) is 16.5 Å². The molecule has 11 heteroatoms. The van der Waals surface area contributed by atoms with Crippen molar-refractivity contribution in [1.29, 1.82) is 0 Å². The van der Waals surface area contributed by atoms with Gasteiger partial charge in [-0.25, -0.2) is 4.39 Å². The van der Waals surface area contributed by atoms with Crippen LogP contribution in [0.1, 0.15) is 21.5 Å². The predicted octanol–water partition coefficient (Wildman–Crippen LogP) is 3.55. The van der Waals surface area contributed by atoms with Gasteiger partial charge in [0, 0.05) is 0 Å². The highest BCUT2D eigenvalue weighted by Crippen LogP contribution is 2.32. The average molecular weight is 397 g/mol. The second kappa shape index (κ2) is 8.23. The van der Waals surface area contributed by atoms with Crippen LogP contribution in [-0.4, -0.2) is 18.9 Å². The molecule has 1 heterocycles. The molecule has 0 fully saturated rings. The summed E-state index contributed by atoms with van der Waals surface area (Å²) in [4.78, 5) is 10.6. The lowest BCUT2D eigenvalue weighted by molar-refractivity contribution is -0.138. The lowest BCUT2D eigenvalue weighted by Gasteiger charge is -2.09. The minimum Gasteiger partial charge on any atom is -0.366 e. The van der Waals surface area contributed by atoms with Crippen LogP contribution < -0.4 is 5.73 Å². The molecule has 1 aromatic carbocycles. The van der Waals surface area contributed by atoms with Gasteiger partial charge in [0.25, 0.3) is 10.1 Å². The van der Waals surface area contributed by atoms with Crippen molar-refractivity contribution in [2.75, 3.05) is 0 Å². The van der Waals surface area contributed by atoms with Gasteiger partial charge in [0.1, 0.15) is 5.82 Å². The number of alkyl halides is 3. The van der Waals surface area contributed by atoms with Crippen molar-refractivity contribution in [2.24, 2.45) is 5.73 Å². The molecule has 136 valence electrons. The van der Waals surface area contributed by atoms with Gasteiger partial charge >= 0.3 is 6.18 Å². The smallest absolute Gasteiger partial charge is 0.366 e. The molecule has 0 spiro atoms. The summed E-state index contributed by atoms with van der Waals surface area (Å²) in [6.07, 6.45) is -3.45. The van der Waals surface area contributed by atoms with Crippen LogP contribution in [-0.2, 0) is 16.3 Å². The van der Waals surface area contributed by atoms with Gasteiger partial charge < -0.3 is 5.73 Å². The SMILES string of the molecule is NC(=O)c1ccc(F)cc1C(F)(F)F.O=S(=O)(O)C=Cc1ccsc1. The number of amides is 1. The maximum absolute atomic E-state index is 12.5. The molecule has 25 heavy (non-hydrogen) atoms. The number of hydrogen-bond donors (Lipinski definition) is 2. The van der Waals surface area contributed by atoms with E-state index in [1.54, 1.807) is 11.4 Å². The molecule has 2 aromatic rings. The summed E-state index contributed by atoms with van der Waals surface area (Å²) in [5.74, 6) is -2.31. The van der Waals surface area contributed by atoms with Crippen LogP contribution in [0.25, 0.3) is 6.08 Å². The summed E-state index contributed by atoms with van der Waals surface area (Å²) in [7, 11) is -3.98. The maximum Gasteiger partial charge on any atom is 0.417 e. The highest BCUT2D eigenvalue weighted by atomic mass is 32.2. The van der Waals surface area contributed by atoms with Crippen LogP contribution >= 0.6 is 11.3 Å². The zero-order valence-corrected chi connectivity index (χ0v) is 13.8. The van der Waals surface area contributed by atoms with Crippen molar-refractivity contribution in [1.82, 2.24) is 0 Å². The summed E-state index contributed by atoms with van der Waals surface area (Å²) in [5.41, 5.74) is 3.38. The van der Waals surface area contributed by atoms with Crippen molar-refractivity contribution in [2.45, 2.75) is 6.18 Å². The molecule has 0 aliphatic rings. The molecule has 0 unspecified atom stereocenters. The third kappa shape index (κ3) is 7.45. The van der Waals surface area contributed by atoms with Gasteiger partial charge in [0.2, 0.25) is 5.91 Å². The minimum atomic E-state index is -4.79. The Morgan fingerprint density at radius 1 is 1.24 bits per heavy atom. The van der Waals surface area contributed by atoms with Crippen LogP contribution in [0.4, 0.5) is 17.6 Å². The Morgan fingerprint density at radius 3 is 2.32 bits per heavy atom. The zero-order chi connectivity index (χ0) is 19.3. The van der Waals surface area contributed by atoms with Crippen LogP contribution in [0.2, 0.25) is 0 Å². The molecule has 0 saturated heterocycles. The molecule has 0 aliphatic carbocycles. The molecule has 0 aliphatic heterocycles. The van der Waals surface area contributed by atoms with E-state index in [1.807, 2.05) is 5.38 Å². The molecule has 5 nitrogen and oxygen atoms in total. The Kier molecular flexibility index (Phi) is 6.85. The van der Waals surface area contributed by atoms with E-state index in [9.17, 15) is 30.8 Å². The first-order valence-corrected chi connectivity index (χ1v) is 8.69. The normalized spacial score (nSPS) is 11.9. The topological polar surface area (TPSA) is 97.5 Å². The summed E-state index contributed by atoms with van der Waals surface area (Å²) in [6, 6.07) is 3.45. The lowest BCUT2D eigenvalue weighted by atomic mass is 10.1. The molecule has 0 bridgehead atoms. The quantitative estimate of drug-likeness (QED) is 0.611. The Hall–Kier alpha value is -2.24. The second-order valence-corrected chi connectivity index (χ2v) is 6.51. The van der Waals surface area contributed by atoms with E-state index in [4.69, 9.17) is 10.3 Å². The van der Waals surface area contributed by atoms with E-state index < -0.39 is 39.1 Å². The van der Waals surface area contributed by atoms with Gasteiger partial charge in [-0.2, -0.15) is 32.9 Å². The lowest BCUT2D eigenvalue weighted by Crippen LogP contribution is -2.18. The molecule has 3 N–H and O–H groups in total. The first kappa shape index (κ1) is 20.8. The van der Waals surface area contributed by atoms with Gasteiger partial charge in [-0.3, -0.25) is 9.35 Å². The van der Waals surface area contributed by atoms with Crippen molar-refractivity contribution in [3.05, 3.63) is 62.9 Å². The first-order chi connectivity index (χ1) is 11.4. The van der Waals surface area contributed by atoms with Crippen LogP contribution in [0.3, 0.4) is 0 Å². The van der Waals surface area contributed by atoms with E-state index in [2.05, 4.69) is 0 Å². The standard InChI is InChI=1S/C8H5F4NO.C6H6O3S2/c9-4-1-2-5(7(13)14)6(3-4)8(10,11)12;7-11(8,9)4-2-6-1-3-10-5-6/h1-3H,(H2,13,14);1-5H,(H,7,8,9). The fourth-order valence-corrected chi connectivity index (χ4v) is 2.46. The molecule has 0 radical (unpaired) electrons. The number of primary amides is 1. The Bertz CT molecular complexity index is 859. The summed E-state index contributed by atoms with van der Waals surface area (Å²) < 4.78 is 77.8. The predicted molar refractivity (Wildman–Crippen MR) is 84.8 cm³/mol. The largest absolute Gasteiger partial charge is 0.417 e. The third-order valence-corrected chi connectivity index (χ3v) is 3.71. The highest BCUT2D eigenvalue weighted by molar-refractivity contribution is 7.88. The van der Waals surface area contributed by atoms with Crippen molar-refractivity contribution >= 4 is 33.4 Å².